The van der Waals surface area contributed by atoms with E-state index in [0.29, 0.717) is 11.5 Å². The molecule has 2 aromatic rings. The Morgan fingerprint density at radius 1 is 1.50 bits per heavy atom. The first-order valence-corrected chi connectivity index (χ1v) is 6.85. The molecule has 1 saturated carbocycles. The molecule has 1 aromatic carbocycles. The maximum Gasteiger partial charge on any atom is 0.251 e. The number of benzene rings is 1. The first-order valence-electron chi connectivity index (χ1n) is 6.85. The first-order chi connectivity index (χ1) is 9.74. The fourth-order valence-corrected chi connectivity index (χ4v) is 3.24. The van der Waals surface area contributed by atoms with E-state index in [-0.39, 0.29) is 24.1 Å². The van der Waals surface area contributed by atoms with Gasteiger partial charge in [0.25, 0.3) is 5.91 Å². The molecule has 4 N–H and O–H groups in total. The number of carbonyl (C=O) groups is 1. The Hall–Kier alpha value is -1.92. The van der Waals surface area contributed by atoms with Crippen molar-refractivity contribution < 1.29 is 9.53 Å². The number of aromatic amines is 1. The molecule has 0 spiro atoms. The van der Waals surface area contributed by atoms with E-state index >= 15 is 0 Å². The van der Waals surface area contributed by atoms with E-state index in [2.05, 4.69) is 15.5 Å². The van der Waals surface area contributed by atoms with Gasteiger partial charge in [-0.05, 0) is 18.6 Å². The number of hydrogen-bond acceptors (Lipinski definition) is 4. The van der Waals surface area contributed by atoms with E-state index < -0.39 is 0 Å². The average Bonchev–Trinajstić information content (AvgIpc) is 3.10. The molecule has 1 saturated heterocycles. The summed E-state index contributed by atoms with van der Waals surface area (Å²) in [5.41, 5.74) is 7.56. The van der Waals surface area contributed by atoms with Crippen LogP contribution in [0, 0.1) is 5.92 Å². The maximum absolute atomic E-state index is 12.3. The monoisotopic (exact) mass is 272 g/mol. The zero-order chi connectivity index (χ0) is 13.7. The highest BCUT2D eigenvalue weighted by molar-refractivity contribution is 5.98. The molecule has 0 radical (unpaired) electrons. The Labute approximate surface area is 115 Å². The van der Waals surface area contributed by atoms with Gasteiger partial charge in [-0.1, -0.05) is 6.07 Å². The molecule has 4 atom stereocenters. The molecular weight excluding hydrogens is 256 g/mol. The predicted molar refractivity (Wildman–Crippen MR) is 73.2 cm³/mol. The number of nitrogens with two attached hydrogens (primary N) is 1. The van der Waals surface area contributed by atoms with Gasteiger partial charge < -0.3 is 15.8 Å². The number of nitrogens with zero attached hydrogens (tertiary/aromatic N) is 1. The Morgan fingerprint density at radius 3 is 3.30 bits per heavy atom. The summed E-state index contributed by atoms with van der Waals surface area (Å²) in [6.07, 6.45) is 2.82. The number of amides is 1. The van der Waals surface area contributed by atoms with Crippen molar-refractivity contribution >= 4 is 16.8 Å². The zero-order valence-electron chi connectivity index (χ0n) is 10.9. The van der Waals surface area contributed by atoms with Crippen molar-refractivity contribution in [2.45, 2.75) is 24.6 Å². The Kier molecular flexibility index (Phi) is 2.55. The highest BCUT2D eigenvalue weighted by Gasteiger charge is 2.52. The van der Waals surface area contributed by atoms with E-state index in [1.54, 1.807) is 18.3 Å². The lowest BCUT2D eigenvalue weighted by molar-refractivity contribution is -0.0161. The lowest BCUT2D eigenvalue weighted by Gasteiger charge is -2.45. The summed E-state index contributed by atoms with van der Waals surface area (Å²) in [4.78, 5) is 12.3. The van der Waals surface area contributed by atoms with Gasteiger partial charge in [0.2, 0.25) is 0 Å². The number of ether oxygens (including phenoxy) is 1. The highest BCUT2D eigenvalue weighted by atomic mass is 16.5. The van der Waals surface area contributed by atoms with Crippen molar-refractivity contribution in [3.8, 4) is 0 Å². The van der Waals surface area contributed by atoms with Crippen molar-refractivity contribution in [1.82, 2.24) is 15.5 Å². The molecule has 6 nitrogen and oxygen atoms in total. The summed E-state index contributed by atoms with van der Waals surface area (Å²) in [7, 11) is 0. The molecule has 1 aliphatic heterocycles. The molecule has 6 heteroatoms. The van der Waals surface area contributed by atoms with Crippen LogP contribution < -0.4 is 11.1 Å². The van der Waals surface area contributed by atoms with Gasteiger partial charge in [0.15, 0.2) is 0 Å². The first kappa shape index (κ1) is 11.9. The van der Waals surface area contributed by atoms with Crippen LogP contribution >= 0.6 is 0 Å². The maximum atomic E-state index is 12.3. The summed E-state index contributed by atoms with van der Waals surface area (Å²) < 4.78 is 5.62. The van der Waals surface area contributed by atoms with Crippen molar-refractivity contribution in [1.29, 1.82) is 0 Å². The third-order valence-corrected chi connectivity index (χ3v) is 4.45. The second kappa shape index (κ2) is 4.29. The summed E-state index contributed by atoms with van der Waals surface area (Å²) in [5, 5.41) is 10.8. The second-order valence-electron chi connectivity index (χ2n) is 5.54. The largest absolute Gasteiger partial charge is 0.376 e. The number of rotatable bonds is 2. The fraction of sp³-hybridized carbons (Fsp3) is 0.429. The van der Waals surface area contributed by atoms with Gasteiger partial charge in [-0.3, -0.25) is 9.89 Å². The van der Waals surface area contributed by atoms with Crippen molar-refractivity contribution in [3.63, 3.8) is 0 Å². The Morgan fingerprint density at radius 2 is 2.40 bits per heavy atom. The Balaban J connectivity index is 1.52. The second-order valence-corrected chi connectivity index (χ2v) is 5.54. The van der Waals surface area contributed by atoms with Gasteiger partial charge in [-0.2, -0.15) is 5.10 Å². The molecule has 0 bridgehead atoms. The van der Waals surface area contributed by atoms with Gasteiger partial charge in [0.05, 0.1) is 23.9 Å². The van der Waals surface area contributed by atoms with Crippen LogP contribution in [0.4, 0.5) is 0 Å². The van der Waals surface area contributed by atoms with Crippen LogP contribution in [0.25, 0.3) is 10.9 Å². The highest BCUT2D eigenvalue weighted by Crippen LogP contribution is 2.37. The zero-order valence-corrected chi connectivity index (χ0v) is 10.9. The minimum absolute atomic E-state index is 0.00216. The van der Waals surface area contributed by atoms with E-state index in [1.807, 2.05) is 6.07 Å². The molecule has 4 rings (SSSR count). The van der Waals surface area contributed by atoms with E-state index in [4.69, 9.17) is 10.5 Å². The molecule has 104 valence electrons. The number of fused-ring (bicyclic) bond motifs is 2. The minimum Gasteiger partial charge on any atom is -0.376 e. The van der Waals surface area contributed by atoms with Crippen molar-refractivity contribution in [3.05, 3.63) is 30.0 Å². The minimum atomic E-state index is -0.115. The molecule has 2 aliphatic rings. The van der Waals surface area contributed by atoms with Gasteiger partial charge in [-0.15, -0.1) is 0 Å². The third-order valence-electron chi connectivity index (χ3n) is 4.45. The van der Waals surface area contributed by atoms with Gasteiger partial charge in [0.1, 0.15) is 0 Å². The quantitative estimate of drug-likeness (QED) is 0.738. The molecular formula is C14H16N4O2. The summed E-state index contributed by atoms with van der Waals surface area (Å²) >= 11 is 0. The number of H-pyrrole nitrogens is 1. The van der Waals surface area contributed by atoms with Crippen LogP contribution in [0.15, 0.2) is 24.4 Å². The lowest BCUT2D eigenvalue weighted by atomic mass is 9.72. The van der Waals surface area contributed by atoms with Crippen LogP contribution in [0.1, 0.15) is 16.8 Å². The van der Waals surface area contributed by atoms with Gasteiger partial charge in [0, 0.05) is 29.5 Å². The van der Waals surface area contributed by atoms with Crippen LogP contribution in [-0.2, 0) is 4.74 Å². The number of carbonyl (C=O) groups excluding carboxylic acids is 1. The van der Waals surface area contributed by atoms with Crippen LogP contribution in [-0.4, -0.2) is 40.9 Å². The van der Waals surface area contributed by atoms with Gasteiger partial charge in [-0.25, -0.2) is 0 Å². The number of nitrogens with one attached hydrogen (secondary N) is 2. The molecule has 1 aromatic heterocycles. The molecule has 1 amide bonds. The smallest absolute Gasteiger partial charge is 0.251 e. The molecule has 2 fully saturated rings. The van der Waals surface area contributed by atoms with Crippen LogP contribution in [0.5, 0.6) is 0 Å². The van der Waals surface area contributed by atoms with Crippen LogP contribution in [0.2, 0.25) is 0 Å². The van der Waals surface area contributed by atoms with E-state index in [0.717, 1.165) is 23.9 Å². The molecule has 1 aliphatic carbocycles. The fourth-order valence-electron chi connectivity index (χ4n) is 3.24. The lowest BCUT2D eigenvalue weighted by Crippen LogP contribution is -2.68. The summed E-state index contributed by atoms with van der Waals surface area (Å²) in [6, 6.07) is 5.40. The molecule has 2 heterocycles. The topological polar surface area (TPSA) is 93.0 Å². The van der Waals surface area contributed by atoms with Gasteiger partial charge >= 0.3 is 0 Å². The number of aromatic nitrogens is 2. The van der Waals surface area contributed by atoms with Crippen LogP contribution in [0.3, 0.4) is 0 Å². The normalized spacial score (nSPS) is 31.9. The van der Waals surface area contributed by atoms with E-state index in [1.165, 1.54) is 0 Å². The van der Waals surface area contributed by atoms with Crippen molar-refractivity contribution in [2.75, 3.05) is 6.61 Å². The molecule has 4 unspecified atom stereocenters. The average molecular weight is 272 g/mol. The SMILES string of the molecule is NC1C2CCOC2C1NC(=O)c1ccc2cn[nH]c2c1. The predicted octanol–water partition coefficient (Wildman–Crippen LogP) is 0.407. The summed E-state index contributed by atoms with van der Waals surface area (Å²) in [6.45, 7) is 0.746. The Bertz CT molecular complexity index is 668. The molecule has 20 heavy (non-hydrogen) atoms. The van der Waals surface area contributed by atoms with E-state index in [9.17, 15) is 4.79 Å². The number of hydrogen-bond donors (Lipinski definition) is 3. The third kappa shape index (κ3) is 1.65. The van der Waals surface area contributed by atoms with Crippen molar-refractivity contribution in [2.24, 2.45) is 11.7 Å². The standard InChI is InChI=1S/C14H16N4O2/c15-11-9-3-4-20-13(9)12(11)17-14(19)7-1-2-8-6-16-18-10(8)5-7/h1-2,5-6,9,11-13H,3-4,15H2,(H,16,18)(H,17,19). The summed E-state index contributed by atoms with van der Waals surface area (Å²) in [5.74, 6) is 0.284.